The van der Waals surface area contributed by atoms with Crippen LogP contribution < -0.4 is 0 Å². The third-order valence-corrected chi connectivity index (χ3v) is 7.02. The van der Waals surface area contributed by atoms with Crippen molar-refractivity contribution in [2.24, 2.45) is 5.41 Å². The quantitative estimate of drug-likeness (QED) is 0.171. The van der Waals surface area contributed by atoms with Crippen molar-refractivity contribution in [2.45, 2.75) is 34.1 Å². The summed E-state index contributed by atoms with van der Waals surface area (Å²) in [6, 6.07) is 34.6. The van der Waals surface area contributed by atoms with E-state index >= 15 is 0 Å². The van der Waals surface area contributed by atoms with E-state index in [2.05, 4.69) is 80.1 Å². The molecule has 0 fully saturated rings. The number of hydrogen-bond donors (Lipinski definition) is 0. The van der Waals surface area contributed by atoms with Crippen LogP contribution in [0.5, 0.6) is 0 Å². The SMILES string of the molecule is Cc1cnc(-c2[c-]ccc3c2oc2c4cccnc4ccc32)cc1CC(C)(C)C.[Ir].[c-]1ccccc1-c1ccccn1. The average Bonchev–Trinajstić information content (AvgIpc) is 3.38. The zero-order valence-electron chi connectivity index (χ0n) is 24.1. The molecule has 0 unspecified atom stereocenters. The predicted octanol–water partition coefficient (Wildman–Crippen LogP) is 9.44. The van der Waals surface area contributed by atoms with Gasteiger partial charge in [0.25, 0.3) is 0 Å². The molecule has 4 heterocycles. The zero-order chi connectivity index (χ0) is 28.4. The van der Waals surface area contributed by atoms with Crippen molar-refractivity contribution in [3.8, 4) is 22.5 Å². The van der Waals surface area contributed by atoms with Crippen molar-refractivity contribution in [3.05, 3.63) is 127 Å². The number of aromatic nitrogens is 3. The number of benzene rings is 3. The van der Waals surface area contributed by atoms with E-state index in [0.29, 0.717) is 0 Å². The van der Waals surface area contributed by atoms with Gasteiger partial charge in [0, 0.05) is 49.5 Å². The third-order valence-electron chi connectivity index (χ3n) is 7.02. The largest absolute Gasteiger partial charge is 0.500 e. The first-order valence-corrected chi connectivity index (χ1v) is 13.8. The van der Waals surface area contributed by atoms with E-state index in [9.17, 15) is 0 Å². The molecule has 7 aromatic rings. The average molecular weight is 726 g/mol. The molecule has 211 valence electrons. The number of aryl methyl sites for hydroxylation is 1. The summed E-state index contributed by atoms with van der Waals surface area (Å²) in [6.07, 6.45) is 6.56. The maximum absolute atomic E-state index is 6.41. The van der Waals surface area contributed by atoms with Gasteiger partial charge in [-0.15, -0.1) is 54.1 Å². The van der Waals surface area contributed by atoms with Crippen LogP contribution in [0.4, 0.5) is 0 Å². The monoisotopic (exact) mass is 726 g/mol. The molecule has 42 heavy (non-hydrogen) atoms. The van der Waals surface area contributed by atoms with Crippen LogP contribution in [0.3, 0.4) is 0 Å². The first kappa shape index (κ1) is 29.3. The van der Waals surface area contributed by atoms with E-state index < -0.39 is 0 Å². The number of nitrogens with zero attached hydrogens (tertiary/aromatic N) is 3. The van der Waals surface area contributed by atoms with Crippen LogP contribution in [0.2, 0.25) is 0 Å². The second kappa shape index (κ2) is 12.4. The minimum absolute atomic E-state index is 0. The summed E-state index contributed by atoms with van der Waals surface area (Å²) in [6.45, 7) is 8.91. The molecule has 4 nitrogen and oxygen atoms in total. The Labute approximate surface area is 260 Å². The standard InChI is InChI=1S/C26H23N2O.C11H8N.Ir/c1-16-15-28-23(13-17(16)14-26(2,3)4)21-8-5-7-18-19-10-11-22-20(9-6-12-27-22)25(19)29-24(18)21;1-2-6-10(7-3-1)11-8-4-5-9-12-11;/h5-7,9-13,15H,14H2,1-4H3;1-6,8-9H;/q2*-1;. The van der Waals surface area contributed by atoms with Gasteiger partial charge in [-0.05, 0) is 66.0 Å². The minimum atomic E-state index is 0. The molecule has 0 spiro atoms. The number of furan rings is 1. The Bertz CT molecular complexity index is 1920. The number of rotatable bonds is 3. The van der Waals surface area contributed by atoms with E-state index in [0.717, 1.165) is 61.8 Å². The summed E-state index contributed by atoms with van der Waals surface area (Å²) in [7, 11) is 0. The number of hydrogen-bond acceptors (Lipinski definition) is 4. The van der Waals surface area contributed by atoms with Gasteiger partial charge < -0.3 is 14.4 Å². The molecule has 4 aromatic heterocycles. The molecule has 0 saturated heterocycles. The van der Waals surface area contributed by atoms with Crippen LogP contribution in [0.15, 0.2) is 108 Å². The number of fused-ring (bicyclic) bond motifs is 5. The Morgan fingerprint density at radius 2 is 1.52 bits per heavy atom. The molecule has 7 rings (SSSR count). The van der Waals surface area contributed by atoms with Crippen LogP contribution in [0.25, 0.3) is 55.4 Å². The van der Waals surface area contributed by atoms with Gasteiger partial charge >= 0.3 is 0 Å². The molecular weight excluding hydrogens is 695 g/mol. The molecule has 0 aliphatic heterocycles. The van der Waals surface area contributed by atoms with Gasteiger partial charge in [-0.1, -0.05) is 55.5 Å². The second-order valence-electron chi connectivity index (χ2n) is 11.4. The smallest absolute Gasteiger partial charge is 0.130 e. The fraction of sp³-hybridized carbons (Fsp3) is 0.162. The summed E-state index contributed by atoms with van der Waals surface area (Å²) in [4.78, 5) is 13.4. The van der Waals surface area contributed by atoms with Crippen molar-refractivity contribution in [3.63, 3.8) is 0 Å². The van der Waals surface area contributed by atoms with Crippen LogP contribution >= 0.6 is 0 Å². The van der Waals surface area contributed by atoms with Gasteiger partial charge in [0.15, 0.2) is 0 Å². The predicted molar refractivity (Wildman–Crippen MR) is 167 cm³/mol. The van der Waals surface area contributed by atoms with Gasteiger partial charge in [-0.25, -0.2) is 0 Å². The third kappa shape index (κ3) is 6.18. The zero-order valence-corrected chi connectivity index (χ0v) is 26.5. The summed E-state index contributed by atoms with van der Waals surface area (Å²) < 4.78 is 6.41. The summed E-state index contributed by atoms with van der Waals surface area (Å²) in [5.74, 6) is 0. The maximum Gasteiger partial charge on any atom is 0.130 e. The minimum Gasteiger partial charge on any atom is -0.500 e. The normalized spacial score (nSPS) is 11.2. The Hall–Kier alpha value is -4.18. The van der Waals surface area contributed by atoms with Crippen molar-refractivity contribution < 1.29 is 24.5 Å². The van der Waals surface area contributed by atoms with Crippen LogP contribution in [-0.2, 0) is 26.5 Å². The molecule has 1 radical (unpaired) electrons. The topological polar surface area (TPSA) is 51.8 Å². The maximum atomic E-state index is 6.41. The van der Waals surface area contributed by atoms with Gasteiger partial charge in [-0.3, -0.25) is 4.98 Å². The van der Waals surface area contributed by atoms with Gasteiger partial charge in [0.2, 0.25) is 0 Å². The van der Waals surface area contributed by atoms with Crippen LogP contribution in [-0.4, -0.2) is 15.0 Å². The van der Waals surface area contributed by atoms with Crippen molar-refractivity contribution in [2.75, 3.05) is 0 Å². The van der Waals surface area contributed by atoms with E-state index in [1.165, 1.54) is 11.1 Å². The van der Waals surface area contributed by atoms with Crippen molar-refractivity contribution >= 4 is 32.8 Å². The van der Waals surface area contributed by atoms with E-state index in [1.807, 2.05) is 67.0 Å². The van der Waals surface area contributed by atoms with E-state index in [1.54, 1.807) is 6.20 Å². The van der Waals surface area contributed by atoms with E-state index in [4.69, 9.17) is 9.40 Å². The Balaban J connectivity index is 0.000000228. The Morgan fingerprint density at radius 1 is 0.714 bits per heavy atom. The Kier molecular flexibility index (Phi) is 8.63. The molecule has 5 heteroatoms. The molecule has 0 amide bonds. The summed E-state index contributed by atoms with van der Waals surface area (Å²) in [5, 5.41) is 3.20. The summed E-state index contributed by atoms with van der Waals surface area (Å²) >= 11 is 0. The van der Waals surface area contributed by atoms with Crippen molar-refractivity contribution in [1.29, 1.82) is 0 Å². The van der Waals surface area contributed by atoms with Crippen molar-refractivity contribution in [1.82, 2.24) is 15.0 Å². The van der Waals surface area contributed by atoms with Gasteiger partial charge in [0.05, 0.1) is 11.1 Å². The molecule has 0 aliphatic rings. The first-order chi connectivity index (χ1) is 19.9. The van der Waals surface area contributed by atoms with E-state index in [-0.39, 0.29) is 25.5 Å². The molecule has 0 bridgehead atoms. The van der Waals surface area contributed by atoms with Crippen LogP contribution in [0, 0.1) is 24.5 Å². The molecule has 0 saturated carbocycles. The molecule has 0 aliphatic carbocycles. The molecule has 0 atom stereocenters. The first-order valence-electron chi connectivity index (χ1n) is 13.8. The van der Waals surface area contributed by atoms with Gasteiger partial charge in [-0.2, -0.15) is 0 Å². The molecule has 3 aromatic carbocycles. The Morgan fingerprint density at radius 3 is 2.29 bits per heavy atom. The number of pyridine rings is 3. The van der Waals surface area contributed by atoms with Gasteiger partial charge in [0.1, 0.15) is 5.58 Å². The molecular formula is C37H31IrN3O-2. The van der Waals surface area contributed by atoms with Crippen LogP contribution in [0.1, 0.15) is 31.9 Å². The second-order valence-corrected chi connectivity index (χ2v) is 11.4. The molecule has 0 N–H and O–H groups in total. The fourth-order valence-corrected chi connectivity index (χ4v) is 5.08. The summed E-state index contributed by atoms with van der Waals surface area (Å²) in [5.41, 5.74) is 9.21. The fourth-order valence-electron chi connectivity index (χ4n) is 5.08.